The number of hydrogen-bond acceptors (Lipinski definition) is 4. The Kier molecular flexibility index (Phi) is 5.28. The van der Waals surface area contributed by atoms with Crippen molar-refractivity contribution in [3.05, 3.63) is 30.3 Å². The molecule has 2 aliphatic heterocycles. The molecule has 0 bridgehead atoms. The van der Waals surface area contributed by atoms with Crippen molar-refractivity contribution in [1.29, 1.82) is 0 Å². The molecule has 0 unspecified atom stereocenters. The van der Waals surface area contributed by atoms with E-state index in [1.54, 1.807) is 10.4 Å². The van der Waals surface area contributed by atoms with Crippen LogP contribution in [0.15, 0.2) is 35.2 Å². The molecule has 29 heavy (non-hydrogen) atoms. The molecule has 0 saturated carbocycles. The molecule has 2 aromatic carbocycles. The molecule has 6 heteroatoms. The molecule has 0 atom stereocenters. The number of anilines is 2. The number of sulfonamides is 1. The van der Waals surface area contributed by atoms with E-state index in [0.717, 1.165) is 67.7 Å². The maximum atomic E-state index is 13.1. The fourth-order valence-corrected chi connectivity index (χ4v) is 6.57. The molecule has 0 aromatic heterocycles. The van der Waals surface area contributed by atoms with Gasteiger partial charge in [-0.1, -0.05) is 39.8 Å². The lowest BCUT2D eigenvalue weighted by Crippen LogP contribution is -2.36. The molecule has 1 fully saturated rings. The fraction of sp³-hybridized carbons (Fsp3) is 0.565. The van der Waals surface area contributed by atoms with Crippen LogP contribution in [0, 0.1) is 5.41 Å². The van der Waals surface area contributed by atoms with Gasteiger partial charge in [0.05, 0.1) is 10.6 Å². The first-order valence-electron chi connectivity index (χ1n) is 10.8. The minimum absolute atomic E-state index is 0.300. The third-order valence-corrected chi connectivity index (χ3v) is 7.70. The van der Waals surface area contributed by atoms with Gasteiger partial charge in [0.25, 0.3) is 10.0 Å². The van der Waals surface area contributed by atoms with Gasteiger partial charge in [0.15, 0.2) is 0 Å². The van der Waals surface area contributed by atoms with Gasteiger partial charge in [-0.25, -0.2) is 8.42 Å². The molecule has 0 aliphatic carbocycles. The van der Waals surface area contributed by atoms with E-state index < -0.39 is 10.0 Å². The standard InChI is InChI=1S/C23H33N3O2S/c1-5-12-26-20-11-10-19(18-8-6-9-21(22(18)20)29(26,27)28)25-14-7-13-24(15-16-25)17-23(2,3)4/h6,8-11H,5,7,12-17H2,1-4H3. The van der Waals surface area contributed by atoms with E-state index in [1.165, 1.54) is 0 Å². The molecule has 2 heterocycles. The van der Waals surface area contributed by atoms with Gasteiger partial charge in [-0.05, 0) is 43.0 Å². The van der Waals surface area contributed by atoms with E-state index in [1.807, 2.05) is 19.1 Å². The van der Waals surface area contributed by atoms with Gasteiger partial charge in [0.1, 0.15) is 0 Å². The summed E-state index contributed by atoms with van der Waals surface area (Å²) >= 11 is 0. The van der Waals surface area contributed by atoms with Crippen molar-refractivity contribution in [3.8, 4) is 0 Å². The van der Waals surface area contributed by atoms with Gasteiger partial charge in [0.2, 0.25) is 0 Å². The summed E-state index contributed by atoms with van der Waals surface area (Å²) in [4.78, 5) is 5.47. The molecule has 2 aliphatic rings. The zero-order valence-electron chi connectivity index (χ0n) is 18.1. The molecule has 0 spiro atoms. The van der Waals surface area contributed by atoms with E-state index in [-0.39, 0.29) is 0 Å². The summed E-state index contributed by atoms with van der Waals surface area (Å²) < 4.78 is 27.7. The predicted octanol–water partition coefficient (Wildman–Crippen LogP) is 4.32. The van der Waals surface area contributed by atoms with E-state index in [2.05, 4.69) is 42.7 Å². The van der Waals surface area contributed by atoms with Crippen molar-refractivity contribution in [3.63, 3.8) is 0 Å². The summed E-state index contributed by atoms with van der Waals surface area (Å²) in [6.07, 6.45) is 1.92. The zero-order chi connectivity index (χ0) is 20.8. The summed E-state index contributed by atoms with van der Waals surface area (Å²) in [6, 6.07) is 9.87. The molecule has 0 N–H and O–H groups in total. The average Bonchev–Trinajstić information content (AvgIpc) is 2.79. The van der Waals surface area contributed by atoms with E-state index in [0.29, 0.717) is 16.9 Å². The zero-order valence-corrected chi connectivity index (χ0v) is 18.9. The molecule has 2 aromatic rings. The van der Waals surface area contributed by atoms with Gasteiger partial charge in [-0.3, -0.25) is 4.31 Å². The van der Waals surface area contributed by atoms with Crippen molar-refractivity contribution in [2.75, 3.05) is 48.5 Å². The Labute approximate surface area is 175 Å². The van der Waals surface area contributed by atoms with Crippen LogP contribution in [0.4, 0.5) is 11.4 Å². The van der Waals surface area contributed by atoms with E-state index in [9.17, 15) is 8.42 Å². The summed E-state index contributed by atoms with van der Waals surface area (Å²) in [5.41, 5.74) is 2.30. The summed E-state index contributed by atoms with van der Waals surface area (Å²) in [5.74, 6) is 0. The van der Waals surface area contributed by atoms with Crippen LogP contribution in [0.2, 0.25) is 0 Å². The highest BCUT2D eigenvalue weighted by atomic mass is 32.2. The largest absolute Gasteiger partial charge is 0.370 e. The average molecular weight is 416 g/mol. The van der Waals surface area contributed by atoms with Crippen molar-refractivity contribution >= 4 is 32.2 Å². The Morgan fingerprint density at radius 2 is 1.72 bits per heavy atom. The Balaban J connectivity index is 1.70. The normalized spacial score (nSPS) is 19.7. The SMILES string of the molecule is CCCN1c2ccc(N3CCCN(CC(C)(C)C)CC3)c3cccc(c23)S1(=O)=O. The maximum Gasteiger partial charge on any atom is 0.265 e. The summed E-state index contributed by atoms with van der Waals surface area (Å²) in [5, 5.41) is 1.96. The number of nitrogens with zero attached hydrogens (tertiary/aromatic N) is 3. The Morgan fingerprint density at radius 3 is 2.45 bits per heavy atom. The van der Waals surface area contributed by atoms with Crippen LogP contribution < -0.4 is 9.21 Å². The molecule has 0 amide bonds. The van der Waals surface area contributed by atoms with E-state index in [4.69, 9.17) is 0 Å². The minimum atomic E-state index is -3.44. The fourth-order valence-electron chi connectivity index (χ4n) is 4.77. The van der Waals surface area contributed by atoms with Crippen molar-refractivity contribution in [1.82, 2.24) is 4.90 Å². The summed E-state index contributed by atoms with van der Waals surface area (Å²) in [6.45, 7) is 14.7. The Bertz CT molecular complexity index is 1010. The summed E-state index contributed by atoms with van der Waals surface area (Å²) in [7, 11) is -3.44. The predicted molar refractivity (Wildman–Crippen MR) is 121 cm³/mol. The second-order valence-electron chi connectivity index (χ2n) is 9.54. The lowest BCUT2D eigenvalue weighted by molar-refractivity contribution is 0.202. The van der Waals surface area contributed by atoms with Gasteiger partial charge in [0, 0.05) is 49.2 Å². The Hall–Kier alpha value is -1.79. The Morgan fingerprint density at radius 1 is 0.966 bits per heavy atom. The topological polar surface area (TPSA) is 43.9 Å². The number of rotatable bonds is 4. The molecule has 4 rings (SSSR count). The van der Waals surface area contributed by atoms with Crippen molar-refractivity contribution in [2.24, 2.45) is 5.41 Å². The highest BCUT2D eigenvalue weighted by Crippen LogP contribution is 2.45. The van der Waals surface area contributed by atoms with Crippen LogP contribution in [0.25, 0.3) is 10.8 Å². The first-order chi connectivity index (χ1) is 13.7. The van der Waals surface area contributed by atoms with Crippen LogP contribution in [-0.4, -0.2) is 52.6 Å². The lowest BCUT2D eigenvalue weighted by Gasteiger charge is -2.29. The highest BCUT2D eigenvalue weighted by Gasteiger charge is 2.36. The third kappa shape index (κ3) is 3.73. The van der Waals surface area contributed by atoms with Gasteiger partial charge in [-0.15, -0.1) is 0 Å². The molecule has 5 nitrogen and oxygen atoms in total. The van der Waals surface area contributed by atoms with Gasteiger partial charge in [-0.2, -0.15) is 0 Å². The van der Waals surface area contributed by atoms with Gasteiger partial charge >= 0.3 is 0 Å². The lowest BCUT2D eigenvalue weighted by atomic mass is 9.96. The van der Waals surface area contributed by atoms with E-state index >= 15 is 0 Å². The molecule has 1 saturated heterocycles. The first-order valence-corrected chi connectivity index (χ1v) is 12.2. The van der Waals surface area contributed by atoms with Gasteiger partial charge < -0.3 is 9.80 Å². The first kappa shape index (κ1) is 20.5. The molecular formula is C23H33N3O2S. The van der Waals surface area contributed by atoms with Crippen molar-refractivity contribution < 1.29 is 8.42 Å². The smallest absolute Gasteiger partial charge is 0.265 e. The number of hydrogen-bond donors (Lipinski definition) is 0. The number of benzene rings is 2. The van der Waals surface area contributed by atoms with Crippen LogP contribution in [-0.2, 0) is 10.0 Å². The van der Waals surface area contributed by atoms with Crippen LogP contribution in [0.1, 0.15) is 40.5 Å². The molecule has 0 radical (unpaired) electrons. The van der Waals surface area contributed by atoms with Crippen LogP contribution in [0.3, 0.4) is 0 Å². The minimum Gasteiger partial charge on any atom is -0.370 e. The van der Waals surface area contributed by atoms with Crippen LogP contribution in [0.5, 0.6) is 0 Å². The second kappa shape index (κ2) is 7.47. The maximum absolute atomic E-state index is 13.1. The third-order valence-electron chi connectivity index (χ3n) is 5.85. The quantitative estimate of drug-likeness (QED) is 0.746. The van der Waals surface area contributed by atoms with Crippen LogP contribution >= 0.6 is 0 Å². The second-order valence-corrected chi connectivity index (χ2v) is 11.4. The molecular weight excluding hydrogens is 382 g/mol. The monoisotopic (exact) mass is 415 g/mol. The molecule has 158 valence electrons. The highest BCUT2D eigenvalue weighted by molar-refractivity contribution is 7.93. The van der Waals surface area contributed by atoms with Crippen molar-refractivity contribution in [2.45, 2.75) is 45.4 Å².